The quantitative estimate of drug-likeness (QED) is 0.550. The van der Waals surface area contributed by atoms with Crippen molar-refractivity contribution in [3.63, 3.8) is 0 Å². The van der Waals surface area contributed by atoms with E-state index in [0.717, 1.165) is 29.4 Å². The molecule has 0 bridgehead atoms. The molecule has 0 radical (unpaired) electrons. The Morgan fingerprint density at radius 1 is 1.13 bits per heavy atom. The van der Waals surface area contributed by atoms with Crippen LogP contribution in [0.4, 0.5) is 0 Å². The lowest BCUT2D eigenvalue weighted by atomic mass is 10.1. The Balaban J connectivity index is 1.89. The number of pyridine rings is 1. The number of thioether (sulfide) groups is 1. The summed E-state index contributed by atoms with van der Waals surface area (Å²) in [5.74, 6) is 2.10. The van der Waals surface area contributed by atoms with Gasteiger partial charge in [-0.2, -0.15) is 11.8 Å². The van der Waals surface area contributed by atoms with Crippen molar-refractivity contribution < 1.29 is 18.4 Å². The molecule has 126 valence electrons. The molecule has 5 nitrogen and oxygen atoms in total. The van der Waals surface area contributed by atoms with Gasteiger partial charge in [0.25, 0.3) is 0 Å². The lowest BCUT2D eigenvalue weighted by Crippen LogP contribution is -2.42. The van der Waals surface area contributed by atoms with Crippen LogP contribution in [0.15, 0.2) is 30.5 Å². The molecule has 1 aromatic carbocycles. The van der Waals surface area contributed by atoms with E-state index in [9.17, 15) is 5.11 Å². The second-order valence-corrected chi connectivity index (χ2v) is 9.29. The van der Waals surface area contributed by atoms with E-state index >= 15 is 0 Å². The number of fused-ring (bicyclic) bond motifs is 1. The molecule has 1 N–H and O–H groups in total. The van der Waals surface area contributed by atoms with E-state index in [1.807, 2.05) is 30.0 Å². The Morgan fingerprint density at radius 2 is 1.87 bits per heavy atom. The van der Waals surface area contributed by atoms with Gasteiger partial charge in [0.15, 0.2) is 0 Å². The van der Waals surface area contributed by atoms with Crippen LogP contribution in [0.3, 0.4) is 0 Å². The van der Waals surface area contributed by atoms with E-state index in [0.29, 0.717) is 5.52 Å². The zero-order valence-electron chi connectivity index (χ0n) is 13.7. The third kappa shape index (κ3) is 4.45. The Bertz CT molecular complexity index is 628. The first-order valence-corrected chi connectivity index (χ1v) is 10.5. The Morgan fingerprint density at radius 3 is 2.57 bits per heavy atom. The van der Waals surface area contributed by atoms with Crippen molar-refractivity contribution in [1.82, 2.24) is 4.98 Å². The maximum atomic E-state index is 9.87. The molecule has 23 heavy (non-hydrogen) atoms. The van der Waals surface area contributed by atoms with Crippen molar-refractivity contribution in [3.8, 4) is 5.75 Å². The standard InChI is InChI=1S/C16H23NO4SSi/c1-19-23(20-2,21-3)11-5-10-22-12-13-7-8-15(18)16-14(13)6-4-9-17-16/h4,6-9,18H,5,10-12H2,1-3H3. The summed E-state index contributed by atoms with van der Waals surface area (Å²) in [6.07, 6.45) is 2.67. The number of aromatic nitrogens is 1. The highest BCUT2D eigenvalue weighted by Crippen LogP contribution is 2.28. The maximum absolute atomic E-state index is 9.87. The van der Waals surface area contributed by atoms with Gasteiger partial charge in [-0.05, 0) is 29.9 Å². The second kappa shape index (κ2) is 8.65. The Kier molecular flexibility index (Phi) is 6.85. The van der Waals surface area contributed by atoms with Gasteiger partial charge in [-0.15, -0.1) is 0 Å². The van der Waals surface area contributed by atoms with Crippen LogP contribution in [0.25, 0.3) is 10.9 Å². The highest BCUT2D eigenvalue weighted by atomic mass is 32.2. The first-order valence-electron chi connectivity index (χ1n) is 7.44. The van der Waals surface area contributed by atoms with Crippen LogP contribution in [0.1, 0.15) is 12.0 Å². The van der Waals surface area contributed by atoms with E-state index in [1.165, 1.54) is 5.56 Å². The number of aromatic hydroxyl groups is 1. The molecule has 0 aliphatic carbocycles. The summed E-state index contributed by atoms with van der Waals surface area (Å²) >= 11 is 1.85. The number of rotatable bonds is 9. The summed E-state index contributed by atoms with van der Waals surface area (Å²) in [5, 5.41) is 10.9. The van der Waals surface area contributed by atoms with Crippen LogP contribution < -0.4 is 0 Å². The molecule has 0 atom stereocenters. The smallest absolute Gasteiger partial charge is 0.500 e. The summed E-state index contributed by atoms with van der Waals surface area (Å²) in [7, 11) is 2.47. The fourth-order valence-electron chi connectivity index (χ4n) is 2.47. The molecule has 2 aromatic rings. The third-order valence-corrected chi connectivity index (χ3v) is 7.73. The number of nitrogens with zero attached hydrogens (tertiary/aromatic N) is 1. The fraction of sp³-hybridized carbons (Fsp3) is 0.438. The van der Waals surface area contributed by atoms with Gasteiger partial charge in [0, 0.05) is 44.7 Å². The van der Waals surface area contributed by atoms with Crippen molar-refractivity contribution in [2.24, 2.45) is 0 Å². The van der Waals surface area contributed by atoms with Crippen molar-refractivity contribution in [1.29, 1.82) is 0 Å². The third-order valence-electron chi connectivity index (χ3n) is 3.80. The van der Waals surface area contributed by atoms with E-state index in [1.54, 1.807) is 33.6 Å². The van der Waals surface area contributed by atoms with E-state index < -0.39 is 8.80 Å². The predicted octanol–water partition coefficient (Wildman–Crippen LogP) is 3.44. The first-order chi connectivity index (χ1) is 11.2. The van der Waals surface area contributed by atoms with Crippen LogP contribution in [-0.4, -0.2) is 46.0 Å². The monoisotopic (exact) mass is 353 g/mol. The zero-order valence-corrected chi connectivity index (χ0v) is 15.6. The number of phenolic OH excluding ortho intramolecular Hbond substituents is 1. The van der Waals surface area contributed by atoms with Crippen LogP contribution in [0, 0.1) is 0 Å². The molecule has 0 unspecified atom stereocenters. The van der Waals surface area contributed by atoms with Crippen molar-refractivity contribution in [2.75, 3.05) is 27.1 Å². The summed E-state index contributed by atoms with van der Waals surface area (Å²) in [6, 6.07) is 8.37. The topological polar surface area (TPSA) is 60.8 Å². The number of hydrogen-bond acceptors (Lipinski definition) is 6. The fourth-order valence-corrected chi connectivity index (χ4v) is 5.41. The van der Waals surface area contributed by atoms with E-state index in [-0.39, 0.29) is 5.75 Å². The molecule has 0 saturated heterocycles. The number of phenols is 1. The van der Waals surface area contributed by atoms with Gasteiger partial charge >= 0.3 is 8.80 Å². The van der Waals surface area contributed by atoms with E-state index in [4.69, 9.17) is 13.3 Å². The first kappa shape index (κ1) is 18.2. The molecular formula is C16H23NO4SSi. The van der Waals surface area contributed by atoms with Crippen LogP contribution in [-0.2, 0) is 19.0 Å². The van der Waals surface area contributed by atoms with Gasteiger partial charge in [-0.25, -0.2) is 0 Å². The van der Waals surface area contributed by atoms with Crippen molar-refractivity contribution in [2.45, 2.75) is 18.2 Å². The molecule has 0 spiro atoms. The molecule has 7 heteroatoms. The average Bonchev–Trinajstić information content (AvgIpc) is 2.61. The normalized spacial score (nSPS) is 12.0. The Hall–Kier alpha value is -1.12. The summed E-state index contributed by atoms with van der Waals surface area (Å²) in [6.45, 7) is 0. The zero-order chi connectivity index (χ0) is 16.7. The SMILES string of the molecule is CO[Si](CCCSCc1ccc(O)c2ncccc12)(OC)OC. The lowest BCUT2D eigenvalue weighted by Gasteiger charge is -2.24. The Labute approximate surface area is 142 Å². The van der Waals surface area contributed by atoms with Crippen molar-refractivity contribution >= 4 is 31.5 Å². The van der Waals surface area contributed by atoms with Gasteiger partial charge < -0.3 is 18.4 Å². The van der Waals surface area contributed by atoms with Crippen LogP contribution in [0.5, 0.6) is 5.75 Å². The molecule has 0 fully saturated rings. The van der Waals surface area contributed by atoms with Crippen molar-refractivity contribution in [3.05, 3.63) is 36.0 Å². The molecule has 0 saturated carbocycles. The molecule has 2 rings (SSSR count). The molecule has 0 aliphatic heterocycles. The minimum atomic E-state index is -2.45. The largest absolute Gasteiger partial charge is 0.506 e. The van der Waals surface area contributed by atoms with Gasteiger partial charge in [-0.3, -0.25) is 4.98 Å². The summed E-state index contributed by atoms with van der Waals surface area (Å²) < 4.78 is 16.3. The minimum Gasteiger partial charge on any atom is -0.506 e. The highest BCUT2D eigenvalue weighted by molar-refractivity contribution is 7.98. The molecule has 1 aromatic heterocycles. The molecule has 0 amide bonds. The molecule has 0 aliphatic rings. The van der Waals surface area contributed by atoms with E-state index in [2.05, 4.69) is 4.98 Å². The molecule has 1 heterocycles. The van der Waals surface area contributed by atoms with Crippen LogP contribution >= 0.6 is 11.8 Å². The highest BCUT2D eigenvalue weighted by Gasteiger charge is 2.36. The number of benzene rings is 1. The maximum Gasteiger partial charge on any atom is 0.500 e. The van der Waals surface area contributed by atoms with Crippen LogP contribution in [0.2, 0.25) is 6.04 Å². The second-order valence-electron chi connectivity index (χ2n) is 5.09. The summed E-state index contributed by atoms with van der Waals surface area (Å²) in [4.78, 5) is 4.25. The predicted molar refractivity (Wildman–Crippen MR) is 95.8 cm³/mol. The molecular weight excluding hydrogens is 330 g/mol. The van der Waals surface area contributed by atoms with Gasteiger partial charge in [0.1, 0.15) is 11.3 Å². The minimum absolute atomic E-state index is 0.227. The van der Waals surface area contributed by atoms with Gasteiger partial charge in [0.05, 0.1) is 0 Å². The lowest BCUT2D eigenvalue weighted by molar-refractivity contribution is 0.123. The average molecular weight is 354 g/mol. The van der Waals surface area contributed by atoms with Gasteiger partial charge in [-0.1, -0.05) is 12.1 Å². The van der Waals surface area contributed by atoms with Gasteiger partial charge in [0.2, 0.25) is 0 Å². The summed E-state index contributed by atoms with van der Waals surface area (Å²) in [5.41, 5.74) is 1.85. The number of hydrogen-bond donors (Lipinski definition) is 1.